The molecule has 1 aromatic rings. The summed E-state index contributed by atoms with van der Waals surface area (Å²) in [5, 5.41) is 2.72. The highest BCUT2D eigenvalue weighted by Crippen LogP contribution is 2.52. The van der Waals surface area contributed by atoms with Crippen LogP contribution in [-0.4, -0.2) is 58.3 Å². The number of aromatic nitrogens is 2. The fraction of sp³-hybridized carbons (Fsp3) is 0.500. The van der Waals surface area contributed by atoms with Crippen LogP contribution in [0.15, 0.2) is 41.1 Å². The number of fused-ring (bicyclic) bond motifs is 1. The minimum atomic E-state index is -4.62. The van der Waals surface area contributed by atoms with Gasteiger partial charge in [0.1, 0.15) is 17.1 Å². The van der Waals surface area contributed by atoms with E-state index >= 15 is 0 Å². The third kappa shape index (κ3) is 4.62. The van der Waals surface area contributed by atoms with Crippen LogP contribution in [0.2, 0.25) is 0 Å². The number of ether oxygens (including phenoxy) is 2. The molecular formula is C20H21F4N5O3S. The van der Waals surface area contributed by atoms with E-state index in [1.807, 2.05) is 0 Å². The van der Waals surface area contributed by atoms with Crippen LogP contribution >= 0.6 is 11.8 Å². The van der Waals surface area contributed by atoms with E-state index in [1.165, 1.54) is 25.6 Å². The van der Waals surface area contributed by atoms with Crippen LogP contribution in [0.1, 0.15) is 22.6 Å². The molecule has 3 N–H and O–H groups in total. The summed E-state index contributed by atoms with van der Waals surface area (Å²) in [7, 11) is 1.50. The lowest BCUT2D eigenvalue weighted by molar-refractivity contribution is -0.215. The number of halogens is 4. The average molecular weight is 487 g/mol. The number of nitrogens with two attached hydrogens (primary N) is 1. The van der Waals surface area contributed by atoms with Crippen molar-refractivity contribution in [3.63, 3.8) is 0 Å². The summed E-state index contributed by atoms with van der Waals surface area (Å²) in [6.45, 7) is -0.194. The third-order valence-electron chi connectivity index (χ3n) is 5.86. The van der Waals surface area contributed by atoms with Gasteiger partial charge in [0.05, 0.1) is 31.3 Å². The largest absolute Gasteiger partial charge is 0.415 e. The lowest BCUT2D eigenvalue weighted by Gasteiger charge is -2.41. The van der Waals surface area contributed by atoms with Crippen LogP contribution in [0.4, 0.5) is 17.6 Å². The monoisotopic (exact) mass is 487 g/mol. The molecule has 0 spiro atoms. The van der Waals surface area contributed by atoms with Gasteiger partial charge in [-0.25, -0.2) is 9.37 Å². The molecule has 1 saturated heterocycles. The summed E-state index contributed by atoms with van der Waals surface area (Å²) < 4.78 is 65.7. The zero-order chi connectivity index (χ0) is 23.8. The van der Waals surface area contributed by atoms with E-state index in [2.05, 4.69) is 20.3 Å². The van der Waals surface area contributed by atoms with Crippen LogP contribution in [0.5, 0.6) is 0 Å². The van der Waals surface area contributed by atoms with Crippen molar-refractivity contribution in [2.75, 3.05) is 19.5 Å². The summed E-state index contributed by atoms with van der Waals surface area (Å²) >= 11 is 0.989. The Labute approximate surface area is 190 Å². The molecule has 1 amide bonds. The second-order valence-corrected chi connectivity index (χ2v) is 8.95. The smallest absolute Gasteiger partial charge is 0.379 e. The van der Waals surface area contributed by atoms with Gasteiger partial charge in [0.2, 0.25) is 0 Å². The topological polar surface area (TPSA) is 112 Å². The number of amides is 1. The van der Waals surface area contributed by atoms with Gasteiger partial charge in [-0.15, -0.1) is 0 Å². The van der Waals surface area contributed by atoms with Crippen LogP contribution in [0, 0.1) is 11.8 Å². The van der Waals surface area contributed by atoms with E-state index in [9.17, 15) is 22.4 Å². The number of carbonyl (C=O) groups excluding carboxylic acids is 1. The fourth-order valence-electron chi connectivity index (χ4n) is 4.32. The Morgan fingerprint density at radius 1 is 1.36 bits per heavy atom. The molecule has 4 rings (SSSR count). The summed E-state index contributed by atoms with van der Waals surface area (Å²) in [4.78, 5) is 25.0. The van der Waals surface area contributed by atoms with Gasteiger partial charge in [0.25, 0.3) is 5.91 Å². The number of hydrogen-bond acceptors (Lipinski definition) is 8. The number of nitrogens with zero attached hydrogens (tertiary/aromatic N) is 3. The molecule has 13 heteroatoms. The van der Waals surface area contributed by atoms with Crippen molar-refractivity contribution >= 4 is 22.8 Å². The van der Waals surface area contributed by atoms with Crippen LogP contribution < -0.4 is 11.1 Å². The minimum Gasteiger partial charge on any atom is -0.379 e. The normalized spacial score (nSPS) is 29.6. The van der Waals surface area contributed by atoms with E-state index in [-0.39, 0.29) is 29.6 Å². The lowest BCUT2D eigenvalue weighted by Crippen LogP contribution is -2.52. The molecule has 178 valence electrons. The van der Waals surface area contributed by atoms with Gasteiger partial charge in [0, 0.05) is 30.4 Å². The molecule has 0 bridgehead atoms. The SMILES string of the molecule is COCc1cnc(C(=O)NC2=CC=C(F)C(C34COC(C(F)(F)F)C3CSC(N)=N4)C2)cn1. The predicted molar refractivity (Wildman–Crippen MR) is 112 cm³/mol. The van der Waals surface area contributed by atoms with Crippen LogP contribution in [0.3, 0.4) is 0 Å². The van der Waals surface area contributed by atoms with Crippen molar-refractivity contribution in [2.45, 2.75) is 30.8 Å². The van der Waals surface area contributed by atoms with Gasteiger partial charge in [-0.2, -0.15) is 13.2 Å². The van der Waals surface area contributed by atoms with Gasteiger partial charge in [-0.3, -0.25) is 14.8 Å². The summed E-state index contributed by atoms with van der Waals surface area (Å²) in [5.74, 6) is -3.42. The Bertz CT molecular complexity index is 1010. The Balaban J connectivity index is 1.55. The molecule has 0 saturated carbocycles. The molecule has 2 aliphatic heterocycles. The number of methoxy groups -OCH3 is 1. The Hall–Kier alpha value is -2.51. The first-order chi connectivity index (χ1) is 15.6. The molecule has 4 unspecified atom stereocenters. The van der Waals surface area contributed by atoms with Gasteiger partial charge < -0.3 is 20.5 Å². The van der Waals surface area contributed by atoms with Crippen molar-refractivity contribution in [3.05, 3.63) is 47.5 Å². The van der Waals surface area contributed by atoms with Crippen molar-refractivity contribution in [1.29, 1.82) is 0 Å². The van der Waals surface area contributed by atoms with Gasteiger partial charge in [-0.05, 0) is 18.6 Å². The summed E-state index contributed by atoms with van der Waals surface area (Å²) in [6.07, 6.45) is -1.62. The third-order valence-corrected chi connectivity index (χ3v) is 6.77. The van der Waals surface area contributed by atoms with Gasteiger partial charge in [0.15, 0.2) is 11.3 Å². The van der Waals surface area contributed by atoms with E-state index < -0.39 is 48.0 Å². The lowest BCUT2D eigenvalue weighted by atomic mass is 9.71. The quantitative estimate of drug-likeness (QED) is 0.614. The Kier molecular flexibility index (Phi) is 6.47. The average Bonchev–Trinajstić information content (AvgIpc) is 3.15. The molecule has 8 nitrogen and oxygen atoms in total. The van der Waals surface area contributed by atoms with E-state index in [0.717, 1.165) is 17.8 Å². The van der Waals surface area contributed by atoms with Gasteiger partial charge >= 0.3 is 6.18 Å². The first kappa shape index (κ1) is 23.6. The fourth-order valence-corrected chi connectivity index (χ4v) is 5.37. The second kappa shape index (κ2) is 9.03. The zero-order valence-corrected chi connectivity index (χ0v) is 18.3. The molecule has 1 fully saturated rings. The molecule has 1 aromatic heterocycles. The molecular weight excluding hydrogens is 466 g/mol. The number of aliphatic imine (C=N–C) groups is 1. The standard InChI is InChI=1S/C20H21F4N5O3S/c1-31-7-11-5-27-15(6-26-11)17(30)28-10-2-3-14(21)12(4-10)19-9-32-16(20(22,23)24)13(19)8-33-18(25)29-19/h2-3,5-6,12-13,16H,4,7-9H2,1H3,(H2,25,29)(H,28,30). The zero-order valence-electron chi connectivity index (χ0n) is 17.4. The van der Waals surface area contributed by atoms with Gasteiger partial charge in [-0.1, -0.05) is 11.8 Å². The first-order valence-corrected chi connectivity index (χ1v) is 11.0. The molecule has 3 aliphatic rings. The van der Waals surface area contributed by atoms with Crippen LogP contribution in [0.25, 0.3) is 0 Å². The highest BCUT2D eigenvalue weighted by atomic mass is 32.2. The highest BCUT2D eigenvalue weighted by Gasteiger charge is 2.64. The summed E-state index contributed by atoms with van der Waals surface area (Å²) in [6, 6.07) is 0. The highest BCUT2D eigenvalue weighted by molar-refractivity contribution is 8.13. The molecule has 0 radical (unpaired) electrons. The molecule has 3 heterocycles. The van der Waals surface area contributed by atoms with Crippen molar-refractivity contribution in [3.8, 4) is 0 Å². The number of amidine groups is 1. The molecule has 33 heavy (non-hydrogen) atoms. The van der Waals surface area contributed by atoms with Crippen molar-refractivity contribution in [2.24, 2.45) is 22.6 Å². The number of alkyl halides is 3. The van der Waals surface area contributed by atoms with Crippen molar-refractivity contribution < 1.29 is 31.8 Å². The number of nitrogens with one attached hydrogen (secondary N) is 1. The Morgan fingerprint density at radius 2 is 2.15 bits per heavy atom. The number of hydrogen-bond donors (Lipinski definition) is 2. The second-order valence-electron chi connectivity index (χ2n) is 7.91. The maximum Gasteiger partial charge on any atom is 0.415 e. The predicted octanol–water partition coefficient (Wildman–Crippen LogP) is 2.49. The maximum absolute atomic E-state index is 15.0. The first-order valence-electron chi connectivity index (χ1n) is 9.98. The molecule has 1 aliphatic carbocycles. The van der Waals surface area contributed by atoms with Crippen LogP contribution in [-0.2, 0) is 16.1 Å². The minimum absolute atomic E-state index is 0.00188. The van der Waals surface area contributed by atoms with E-state index in [4.69, 9.17) is 15.2 Å². The van der Waals surface area contributed by atoms with E-state index in [1.54, 1.807) is 0 Å². The Morgan fingerprint density at radius 3 is 2.82 bits per heavy atom. The maximum atomic E-state index is 15.0. The number of rotatable bonds is 5. The molecule has 4 atom stereocenters. The number of allylic oxidation sites excluding steroid dienone is 3. The van der Waals surface area contributed by atoms with E-state index in [0.29, 0.717) is 11.4 Å². The summed E-state index contributed by atoms with van der Waals surface area (Å²) in [5.41, 5.74) is 5.18. The number of carbonyl (C=O) groups is 1. The van der Waals surface area contributed by atoms with Crippen molar-refractivity contribution in [1.82, 2.24) is 15.3 Å². The molecule has 0 aromatic carbocycles. The number of thioether (sulfide) groups is 1.